The van der Waals surface area contributed by atoms with Crippen LogP contribution in [0.3, 0.4) is 0 Å². The summed E-state index contributed by atoms with van der Waals surface area (Å²) in [4.78, 5) is 0. The molecule has 0 amide bonds. The van der Waals surface area contributed by atoms with Crippen molar-refractivity contribution in [3.63, 3.8) is 0 Å². The molecule has 0 radical (unpaired) electrons. The number of fused-ring (bicyclic) bond motifs is 1. The second-order valence-electron chi connectivity index (χ2n) is 3.83. The van der Waals surface area contributed by atoms with Crippen molar-refractivity contribution in [2.24, 2.45) is 0 Å². The standard InChI is InChI=1S/C9H15IO4/c10-4-6-7(11)8(12)9-5(14-6)2-1-3-13-9/h5-9,11-12H,1-4H2/t5-,6+,7+,8-,9-/m0/s1. The van der Waals surface area contributed by atoms with Gasteiger partial charge < -0.3 is 19.7 Å². The van der Waals surface area contributed by atoms with Crippen molar-refractivity contribution in [3.8, 4) is 0 Å². The Bertz CT molecular complexity index is 199. The van der Waals surface area contributed by atoms with Gasteiger partial charge >= 0.3 is 0 Å². The van der Waals surface area contributed by atoms with Crippen molar-refractivity contribution in [1.29, 1.82) is 0 Å². The number of aliphatic hydroxyl groups is 2. The van der Waals surface area contributed by atoms with Crippen LogP contribution in [0.15, 0.2) is 0 Å². The molecular weight excluding hydrogens is 299 g/mol. The number of hydrogen-bond donors (Lipinski definition) is 2. The molecule has 0 aromatic carbocycles. The maximum absolute atomic E-state index is 9.82. The molecule has 14 heavy (non-hydrogen) atoms. The third-order valence-corrected chi connectivity index (χ3v) is 3.75. The van der Waals surface area contributed by atoms with E-state index >= 15 is 0 Å². The fourth-order valence-corrected chi connectivity index (χ4v) is 2.82. The maximum atomic E-state index is 9.82. The predicted octanol–water partition coefficient (Wildman–Crippen LogP) is 0.0896. The first-order valence-corrected chi connectivity index (χ1v) is 6.45. The van der Waals surface area contributed by atoms with Crippen LogP contribution in [0.5, 0.6) is 0 Å². The van der Waals surface area contributed by atoms with E-state index in [9.17, 15) is 10.2 Å². The second-order valence-corrected chi connectivity index (χ2v) is 4.71. The van der Waals surface area contributed by atoms with E-state index in [0.29, 0.717) is 11.0 Å². The Morgan fingerprint density at radius 3 is 2.79 bits per heavy atom. The molecule has 0 aliphatic carbocycles. The summed E-state index contributed by atoms with van der Waals surface area (Å²) < 4.78 is 11.8. The molecule has 5 heteroatoms. The summed E-state index contributed by atoms with van der Waals surface area (Å²) in [7, 11) is 0. The molecule has 2 aliphatic rings. The Balaban J connectivity index is 2.07. The van der Waals surface area contributed by atoms with Gasteiger partial charge in [0.05, 0.1) is 12.2 Å². The number of rotatable bonds is 1. The number of halogens is 1. The summed E-state index contributed by atoms with van der Waals surface area (Å²) in [6, 6.07) is 0. The molecule has 0 saturated carbocycles. The average molecular weight is 314 g/mol. The van der Waals surface area contributed by atoms with Crippen molar-refractivity contribution in [2.75, 3.05) is 11.0 Å². The van der Waals surface area contributed by atoms with Gasteiger partial charge in [-0.25, -0.2) is 0 Å². The summed E-state index contributed by atoms with van der Waals surface area (Å²) in [5.74, 6) is 0. The summed E-state index contributed by atoms with van der Waals surface area (Å²) in [5, 5.41) is 19.5. The lowest BCUT2D eigenvalue weighted by Gasteiger charge is -2.44. The Morgan fingerprint density at radius 1 is 1.29 bits per heavy atom. The van der Waals surface area contributed by atoms with Crippen molar-refractivity contribution in [3.05, 3.63) is 0 Å². The van der Waals surface area contributed by atoms with E-state index in [0.717, 1.165) is 12.8 Å². The van der Waals surface area contributed by atoms with E-state index in [4.69, 9.17) is 9.47 Å². The largest absolute Gasteiger partial charge is 0.388 e. The molecule has 5 atom stereocenters. The summed E-state index contributed by atoms with van der Waals surface area (Å²) >= 11 is 2.16. The highest BCUT2D eigenvalue weighted by Crippen LogP contribution is 2.29. The zero-order valence-corrected chi connectivity index (χ0v) is 9.96. The van der Waals surface area contributed by atoms with Gasteiger partial charge in [-0.15, -0.1) is 0 Å². The fraction of sp³-hybridized carbons (Fsp3) is 1.00. The van der Waals surface area contributed by atoms with E-state index in [1.165, 1.54) is 0 Å². The quantitative estimate of drug-likeness (QED) is 0.532. The highest BCUT2D eigenvalue weighted by molar-refractivity contribution is 14.1. The first kappa shape index (κ1) is 11.1. The SMILES string of the molecule is O[C@H]1[C@H](O)[C@@H](CI)O[C@H]2CCCO[C@H]12. The number of ether oxygens (including phenoxy) is 2. The Hall–Kier alpha value is 0.570. The molecule has 2 aliphatic heterocycles. The molecule has 4 nitrogen and oxygen atoms in total. The minimum Gasteiger partial charge on any atom is -0.388 e. The Kier molecular flexibility index (Phi) is 3.64. The van der Waals surface area contributed by atoms with Gasteiger partial charge in [0.2, 0.25) is 0 Å². The summed E-state index contributed by atoms with van der Waals surface area (Å²) in [6.45, 7) is 0.656. The molecular formula is C9H15IO4. The first-order chi connectivity index (χ1) is 6.74. The molecule has 2 fully saturated rings. The van der Waals surface area contributed by atoms with E-state index in [-0.39, 0.29) is 18.3 Å². The van der Waals surface area contributed by atoms with Crippen LogP contribution in [0.4, 0.5) is 0 Å². The van der Waals surface area contributed by atoms with Crippen LogP contribution in [0.1, 0.15) is 12.8 Å². The van der Waals surface area contributed by atoms with Crippen LogP contribution in [-0.2, 0) is 9.47 Å². The van der Waals surface area contributed by atoms with Crippen molar-refractivity contribution in [1.82, 2.24) is 0 Å². The minimum absolute atomic E-state index is 0.0399. The lowest BCUT2D eigenvalue weighted by molar-refractivity contribution is -0.243. The van der Waals surface area contributed by atoms with Crippen LogP contribution in [0, 0.1) is 0 Å². The molecule has 0 aromatic heterocycles. The first-order valence-electron chi connectivity index (χ1n) is 4.93. The topological polar surface area (TPSA) is 58.9 Å². The Morgan fingerprint density at radius 2 is 2.07 bits per heavy atom. The molecule has 2 N–H and O–H groups in total. The van der Waals surface area contributed by atoms with E-state index in [1.807, 2.05) is 0 Å². The zero-order chi connectivity index (χ0) is 10.1. The smallest absolute Gasteiger partial charge is 0.112 e. The molecule has 0 bridgehead atoms. The van der Waals surface area contributed by atoms with Gasteiger partial charge in [-0.05, 0) is 12.8 Å². The van der Waals surface area contributed by atoms with Crippen molar-refractivity contribution in [2.45, 2.75) is 43.4 Å². The number of hydrogen-bond acceptors (Lipinski definition) is 4. The molecule has 2 saturated heterocycles. The molecule has 82 valence electrons. The maximum Gasteiger partial charge on any atom is 0.112 e. The monoisotopic (exact) mass is 314 g/mol. The van der Waals surface area contributed by atoms with Gasteiger partial charge in [0, 0.05) is 11.0 Å². The molecule has 2 heterocycles. The lowest BCUT2D eigenvalue weighted by Crippen LogP contribution is -2.60. The van der Waals surface area contributed by atoms with Gasteiger partial charge in [-0.1, -0.05) is 22.6 Å². The van der Waals surface area contributed by atoms with Crippen LogP contribution in [0.2, 0.25) is 0 Å². The Labute approximate surface area is 96.7 Å². The average Bonchev–Trinajstić information content (AvgIpc) is 2.23. The highest BCUT2D eigenvalue weighted by atomic mass is 127. The summed E-state index contributed by atoms with van der Waals surface area (Å²) in [5.41, 5.74) is 0. The fourth-order valence-electron chi connectivity index (χ4n) is 2.09. The molecule has 0 spiro atoms. The molecule has 0 unspecified atom stereocenters. The third-order valence-electron chi connectivity index (χ3n) is 2.88. The molecule has 0 aromatic rings. The van der Waals surface area contributed by atoms with Crippen molar-refractivity contribution < 1.29 is 19.7 Å². The van der Waals surface area contributed by atoms with Gasteiger partial charge in [-0.2, -0.15) is 0 Å². The van der Waals surface area contributed by atoms with E-state index < -0.39 is 12.2 Å². The van der Waals surface area contributed by atoms with Gasteiger partial charge in [-0.3, -0.25) is 0 Å². The molecule has 2 rings (SSSR count). The summed E-state index contributed by atoms with van der Waals surface area (Å²) in [6.07, 6.45) is -0.354. The van der Waals surface area contributed by atoms with E-state index in [2.05, 4.69) is 22.6 Å². The van der Waals surface area contributed by atoms with Gasteiger partial charge in [0.1, 0.15) is 18.3 Å². The third kappa shape index (κ3) is 1.92. The number of aliphatic hydroxyl groups excluding tert-OH is 2. The number of alkyl halides is 1. The zero-order valence-electron chi connectivity index (χ0n) is 7.80. The predicted molar refractivity (Wildman–Crippen MR) is 58.5 cm³/mol. The van der Waals surface area contributed by atoms with Crippen LogP contribution < -0.4 is 0 Å². The minimum atomic E-state index is -0.814. The van der Waals surface area contributed by atoms with E-state index in [1.54, 1.807) is 0 Å². The van der Waals surface area contributed by atoms with Crippen molar-refractivity contribution >= 4 is 22.6 Å². The van der Waals surface area contributed by atoms with Gasteiger partial charge in [0.25, 0.3) is 0 Å². The van der Waals surface area contributed by atoms with Crippen LogP contribution >= 0.6 is 22.6 Å². The second kappa shape index (κ2) is 4.61. The van der Waals surface area contributed by atoms with Gasteiger partial charge in [0.15, 0.2) is 0 Å². The lowest BCUT2D eigenvalue weighted by atomic mass is 9.91. The normalized spacial score (nSPS) is 48.6. The van der Waals surface area contributed by atoms with Crippen LogP contribution in [-0.4, -0.2) is 51.8 Å². The van der Waals surface area contributed by atoms with Crippen LogP contribution in [0.25, 0.3) is 0 Å². The highest BCUT2D eigenvalue weighted by Gasteiger charge is 2.45.